The lowest BCUT2D eigenvalue weighted by Gasteiger charge is -2.11. The first-order valence-corrected chi connectivity index (χ1v) is 5.78. The van der Waals surface area contributed by atoms with Gasteiger partial charge in [-0.1, -0.05) is 26.0 Å². The van der Waals surface area contributed by atoms with Crippen molar-refractivity contribution in [2.24, 2.45) is 5.92 Å². The van der Waals surface area contributed by atoms with Gasteiger partial charge in [0.05, 0.1) is 17.5 Å². The van der Waals surface area contributed by atoms with Gasteiger partial charge in [-0.15, -0.1) is 0 Å². The van der Waals surface area contributed by atoms with E-state index >= 15 is 0 Å². The van der Waals surface area contributed by atoms with Crippen molar-refractivity contribution in [3.63, 3.8) is 0 Å². The van der Waals surface area contributed by atoms with Crippen molar-refractivity contribution in [3.8, 4) is 5.88 Å². The molecular weight excluding hydrogens is 214 g/mol. The summed E-state index contributed by atoms with van der Waals surface area (Å²) in [7, 11) is 1.80. The van der Waals surface area contributed by atoms with E-state index in [0.717, 1.165) is 10.9 Å². The number of anilines is 1. The van der Waals surface area contributed by atoms with E-state index in [9.17, 15) is 0 Å². The van der Waals surface area contributed by atoms with E-state index in [2.05, 4.69) is 29.1 Å². The lowest BCUT2D eigenvalue weighted by Crippen LogP contribution is -2.07. The van der Waals surface area contributed by atoms with Crippen molar-refractivity contribution in [2.75, 3.05) is 19.0 Å². The molecule has 0 atom stereocenters. The number of nitrogens with zero attached hydrogens (tertiary/aromatic N) is 2. The molecule has 2 rings (SSSR count). The summed E-state index contributed by atoms with van der Waals surface area (Å²) in [5.74, 6) is 1.71. The van der Waals surface area contributed by atoms with Crippen LogP contribution in [0, 0.1) is 5.92 Å². The average molecular weight is 231 g/mol. The number of benzene rings is 1. The van der Waals surface area contributed by atoms with E-state index in [-0.39, 0.29) is 0 Å². The van der Waals surface area contributed by atoms with Crippen LogP contribution in [-0.2, 0) is 0 Å². The smallest absolute Gasteiger partial charge is 0.226 e. The Kier molecular flexibility index (Phi) is 3.42. The summed E-state index contributed by atoms with van der Waals surface area (Å²) < 4.78 is 5.73. The zero-order valence-electron chi connectivity index (χ0n) is 10.4. The van der Waals surface area contributed by atoms with Gasteiger partial charge in [0.2, 0.25) is 11.8 Å². The Morgan fingerprint density at radius 1 is 1.24 bits per heavy atom. The molecule has 2 aromatic rings. The van der Waals surface area contributed by atoms with Crippen LogP contribution in [0.3, 0.4) is 0 Å². The maximum absolute atomic E-state index is 5.73. The molecule has 0 amide bonds. The lowest BCUT2D eigenvalue weighted by atomic mass is 10.2. The molecular formula is C13H17N3O. The summed E-state index contributed by atoms with van der Waals surface area (Å²) in [6.45, 7) is 4.88. The second-order valence-corrected chi connectivity index (χ2v) is 4.32. The monoisotopic (exact) mass is 231 g/mol. The van der Waals surface area contributed by atoms with Gasteiger partial charge in [0.25, 0.3) is 0 Å². The third-order valence-corrected chi connectivity index (χ3v) is 2.35. The molecule has 0 fully saturated rings. The Labute approximate surface area is 101 Å². The standard InChI is InChI=1S/C13H17N3O/c1-9(2)8-17-12-10-6-4-5-7-11(10)15-13(14-3)16-12/h4-7,9H,8H2,1-3H3,(H,14,15,16). The Bertz CT molecular complexity index is 511. The lowest BCUT2D eigenvalue weighted by molar-refractivity contribution is 0.265. The summed E-state index contributed by atoms with van der Waals surface area (Å²) in [4.78, 5) is 8.73. The number of rotatable bonds is 4. The van der Waals surface area contributed by atoms with Crippen molar-refractivity contribution in [2.45, 2.75) is 13.8 Å². The van der Waals surface area contributed by atoms with E-state index in [4.69, 9.17) is 4.74 Å². The first kappa shape index (κ1) is 11.6. The van der Waals surface area contributed by atoms with Gasteiger partial charge in [0.15, 0.2) is 0 Å². The van der Waals surface area contributed by atoms with Gasteiger partial charge in [0, 0.05) is 7.05 Å². The van der Waals surface area contributed by atoms with E-state index in [1.165, 1.54) is 0 Å². The minimum Gasteiger partial charge on any atom is -0.477 e. The molecule has 90 valence electrons. The number of hydrogen-bond donors (Lipinski definition) is 1. The second kappa shape index (κ2) is 4.99. The van der Waals surface area contributed by atoms with E-state index in [0.29, 0.717) is 24.4 Å². The van der Waals surface area contributed by atoms with Gasteiger partial charge in [-0.2, -0.15) is 4.98 Å². The zero-order chi connectivity index (χ0) is 12.3. The Balaban J connectivity index is 2.43. The molecule has 0 aliphatic heterocycles. The van der Waals surface area contributed by atoms with Crippen LogP contribution in [0.2, 0.25) is 0 Å². The number of aromatic nitrogens is 2. The Hall–Kier alpha value is -1.84. The van der Waals surface area contributed by atoms with Gasteiger partial charge >= 0.3 is 0 Å². The van der Waals surface area contributed by atoms with Crippen LogP contribution in [0.25, 0.3) is 10.9 Å². The predicted molar refractivity (Wildman–Crippen MR) is 69.4 cm³/mol. The van der Waals surface area contributed by atoms with Crippen LogP contribution in [0.15, 0.2) is 24.3 Å². The zero-order valence-corrected chi connectivity index (χ0v) is 10.4. The van der Waals surface area contributed by atoms with Gasteiger partial charge < -0.3 is 10.1 Å². The summed E-state index contributed by atoms with van der Waals surface area (Å²) in [5.41, 5.74) is 0.894. The number of hydrogen-bond acceptors (Lipinski definition) is 4. The minimum atomic E-state index is 0.474. The molecule has 1 N–H and O–H groups in total. The second-order valence-electron chi connectivity index (χ2n) is 4.32. The maximum atomic E-state index is 5.73. The number of para-hydroxylation sites is 1. The molecule has 4 nitrogen and oxygen atoms in total. The van der Waals surface area contributed by atoms with Crippen LogP contribution in [0.1, 0.15) is 13.8 Å². The largest absolute Gasteiger partial charge is 0.477 e. The van der Waals surface area contributed by atoms with Crippen LogP contribution in [0.4, 0.5) is 5.95 Å². The topological polar surface area (TPSA) is 47.0 Å². The molecule has 0 aliphatic carbocycles. The van der Waals surface area contributed by atoms with E-state index < -0.39 is 0 Å². The normalized spacial score (nSPS) is 10.8. The molecule has 17 heavy (non-hydrogen) atoms. The predicted octanol–water partition coefficient (Wildman–Crippen LogP) is 2.71. The molecule has 0 saturated carbocycles. The highest BCUT2D eigenvalue weighted by Crippen LogP contribution is 2.23. The van der Waals surface area contributed by atoms with Crippen LogP contribution in [0.5, 0.6) is 5.88 Å². The highest BCUT2D eigenvalue weighted by Gasteiger charge is 2.08. The molecule has 1 aromatic heterocycles. The molecule has 4 heteroatoms. The minimum absolute atomic E-state index is 0.474. The first-order valence-electron chi connectivity index (χ1n) is 5.78. The van der Waals surface area contributed by atoms with Gasteiger partial charge in [0.1, 0.15) is 0 Å². The Morgan fingerprint density at radius 2 is 2.00 bits per heavy atom. The first-order chi connectivity index (χ1) is 8.20. The van der Waals surface area contributed by atoms with Gasteiger partial charge in [-0.05, 0) is 18.1 Å². The molecule has 0 radical (unpaired) electrons. The third-order valence-electron chi connectivity index (χ3n) is 2.35. The quantitative estimate of drug-likeness (QED) is 0.878. The average Bonchev–Trinajstić information content (AvgIpc) is 2.35. The highest BCUT2D eigenvalue weighted by atomic mass is 16.5. The maximum Gasteiger partial charge on any atom is 0.226 e. The summed E-state index contributed by atoms with van der Waals surface area (Å²) in [6, 6.07) is 7.86. The molecule has 0 unspecified atom stereocenters. The Morgan fingerprint density at radius 3 is 2.71 bits per heavy atom. The van der Waals surface area contributed by atoms with Crippen LogP contribution >= 0.6 is 0 Å². The van der Waals surface area contributed by atoms with Crippen molar-refractivity contribution in [1.29, 1.82) is 0 Å². The summed E-state index contributed by atoms with van der Waals surface area (Å²) >= 11 is 0. The molecule has 0 bridgehead atoms. The van der Waals surface area contributed by atoms with Gasteiger partial charge in [-0.3, -0.25) is 0 Å². The number of fused-ring (bicyclic) bond motifs is 1. The SMILES string of the molecule is CNc1nc(OCC(C)C)c2ccccc2n1. The number of nitrogens with one attached hydrogen (secondary N) is 1. The van der Waals surface area contributed by atoms with Crippen molar-refractivity contribution >= 4 is 16.9 Å². The summed E-state index contributed by atoms with van der Waals surface area (Å²) in [6.07, 6.45) is 0. The van der Waals surface area contributed by atoms with Crippen LogP contribution in [-0.4, -0.2) is 23.6 Å². The van der Waals surface area contributed by atoms with Gasteiger partial charge in [-0.25, -0.2) is 4.98 Å². The molecule has 0 saturated heterocycles. The van der Waals surface area contributed by atoms with Crippen molar-refractivity contribution in [1.82, 2.24) is 9.97 Å². The van der Waals surface area contributed by atoms with Crippen molar-refractivity contribution in [3.05, 3.63) is 24.3 Å². The summed E-state index contributed by atoms with van der Waals surface area (Å²) in [5, 5.41) is 3.90. The fraction of sp³-hybridized carbons (Fsp3) is 0.385. The van der Waals surface area contributed by atoms with E-state index in [1.54, 1.807) is 7.05 Å². The molecule has 0 aliphatic rings. The fourth-order valence-corrected chi connectivity index (χ4v) is 1.51. The molecule has 1 heterocycles. The third kappa shape index (κ3) is 2.64. The van der Waals surface area contributed by atoms with E-state index in [1.807, 2.05) is 24.3 Å². The molecule has 1 aromatic carbocycles. The van der Waals surface area contributed by atoms with Crippen molar-refractivity contribution < 1.29 is 4.74 Å². The highest BCUT2D eigenvalue weighted by molar-refractivity contribution is 5.84. The van der Waals surface area contributed by atoms with Crippen LogP contribution < -0.4 is 10.1 Å². The molecule has 0 spiro atoms. The number of ether oxygens (including phenoxy) is 1. The fourth-order valence-electron chi connectivity index (χ4n) is 1.51.